The van der Waals surface area contributed by atoms with E-state index >= 15 is 0 Å². The minimum absolute atomic E-state index is 0.133. The molecule has 18 heavy (non-hydrogen) atoms. The van der Waals surface area contributed by atoms with E-state index in [4.69, 9.17) is 0 Å². The van der Waals surface area contributed by atoms with Crippen LogP contribution in [0.4, 0.5) is 4.79 Å². The van der Waals surface area contributed by atoms with E-state index in [1.807, 2.05) is 0 Å². The molecule has 1 rings (SSSR count). The number of carboxylic acids is 1. The van der Waals surface area contributed by atoms with E-state index < -0.39 is 33.6 Å². The Morgan fingerprint density at radius 3 is 2.22 bits per heavy atom. The molecule has 6 nitrogen and oxygen atoms in total. The summed E-state index contributed by atoms with van der Waals surface area (Å²) >= 11 is 0. The van der Waals surface area contributed by atoms with Crippen molar-refractivity contribution in [3.05, 3.63) is 0 Å². The minimum Gasteiger partial charge on any atom is -0.498 e. The number of quaternary nitrogens is 1. The number of amides is 1. The van der Waals surface area contributed by atoms with E-state index in [0.717, 1.165) is 0 Å². The van der Waals surface area contributed by atoms with Gasteiger partial charge in [0.25, 0.3) is 6.09 Å². The molecule has 0 radical (unpaired) electrons. The average molecular weight is 259 g/mol. The first kappa shape index (κ1) is 14.9. The van der Waals surface area contributed by atoms with Gasteiger partial charge in [0.2, 0.25) is 0 Å². The number of hydrogen-bond acceptors (Lipinski definition) is 4. The Kier molecular flexibility index (Phi) is 3.49. The van der Waals surface area contributed by atoms with Crippen molar-refractivity contribution in [3.8, 4) is 0 Å². The van der Waals surface area contributed by atoms with Crippen LogP contribution in [0.25, 0.3) is 0 Å². The molecule has 0 aromatic carbocycles. The number of aliphatic hydroxyl groups excluding tert-OH is 1. The monoisotopic (exact) mass is 259 g/mol. The van der Waals surface area contributed by atoms with Crippen LogP contribution in [0.2, 0.25) is 0 Å². The third kappa shape index (κ3) is 1.99. The summed E-state index contributed by atoms with van der Waals surface area (Å²) in [6.07, 6.45) is -2.20. The Labute approximate surface area is 106 Å². The highest BCUT2D eigenvalue weighted by molar-refractivity contribution is 5.75. The molecule has 3 unspecified atom stereocenters. The molecule has 0 aliphatic carbocycles. The molecule has 3 atom stereocenters. The first-order valence-electron chi connectivity index (χ1n) is 5.97. The van der Waals surface area contributed by atoms with Gasteiger partial charge in [0.1, 0.15) is 12.0 Å². The van der Waals surface area contributed by atoms with Crippen molar-refractivity contribution in [2.24, 2.45) is 5.41 Å². The van der Waals surface area contributed by atoms with E-state index in [1.54, 1.807) is 20.8 Å². The van der Waals surface area contributed by atoms with Crippen LogP contribution in [0.5, 0.6) is 0 Å². The zero-order valence-electron chi connectivity index (χ0n) is 11.3. The SMILES string of the molecule is CC1(C(=O)O)C[N+](C(=O)[O-])(C(C)(C)C)CCC1O. The molecule has 1 aliphatic rings. The van der Waals surface area contributed by atoms with Gasteiger partial charge in [0.15, 0.2) is 0 Å². The molecule has 1 heterocycles. The fourth-order valence-electron chi connectivity index (χ4n) is 2.62. The maximum Gasteiger partial charge on any atom is 0.317 e. The van der Waals surface area contributed by atoms with Crippen LogP contribution >= 0.6 is 0 Å². The first-order chi connectivity index (χ1) is 7.97. The number of nitrogens with zero attached hydrogens (tertiary/aromatic N) is 1. The van der Waals surface area contributed by atoms with Crippen molar-refractivity contribution in [1.29, 1.82) is 0 Å². The number of hydrogen-bond donors (Lipinski definition) is 2. The quantitative estimate of drug-likeness (QED) is 0.636. The van der Waals surface area contributed by atoms with Gasteiger partial charge in [-0.3, -0.25) is 9.28 Å². The van der Waals surface area contributed by atoms with Crippen molar-refractivity contribution in [2.75, 3.05) is 13.1 Å². The minimum atomic E-state index is -1.47. The second-order valence-corrected chi connectivity index (χ2v) is 6.31. The lowest BCUT2D eigenvalue weighted by molar-refractivity contribution is -0.930. The average Bonchev–Trinajstić information content (AvgIpc) is 2.19. The maximum absolute atomic E-state index is 11.5. The molecular formula is C12H21NO5. The summed E-state index contributed by atoms with van der Waals surface area (Å²) in [6.45, 7) is 6.61. The van der Waals surface area contributed by atoms with Crippen molar-refractivity contribution in [2.45, 2.75) is 45.8 Å². The topological polar surface area (TPSA) is 97.7 Å². The lowest BCUT2D eigenvalue weighted by Crippen LogP contribution is -2.75. The predicted octanol–water partition coefficient (Wildman–Crippen LogP) is -0.199. The van der Waals surface area contributed by atoms with Gasteiger partial charge in [-0.2, -0.15) is 0 Å². The zero-order valence-corrected chi connectivity index (χ0v) is 11.3. The van der Waals surface area contributed by atoms with Gasteiger partial charge in [0, 0.05) is 6.42 Å². The van der Waals surface area contributed by atoms with Crippen LogP contribution < -0.4 is 5.11 Å². The summed E-state index contributed by atoms with van der Waals surface area (Å²) in [6, 6.07) is 0. The van der Waals surface area contributed by atoms with Crippen LogP contribution in [-0.2, 0) is 4.79 Å². The lowest BCUT2D eigenvalue weighted by Gasteiger charge is -2.54. The van der Waals surface area contributed by atoms with Gasteiger partial charge in [-0.15, -0.1) is 0 Å². The molecule has 0 bridgehead atoms. The second-order valence-electron chi connectivity index (χ2n) is 6.31. The molecule has 1 fully saturated rings. The van der Waals surface area contributed by atoms with Crippen LogP contribution in [0.3, 0.4) is 0 Å². The second kappa shape index (κ2) is 4.20. The number of carbonyl (C=O) groups is 2. The van der Waals surface area contributed by atoms with Crippen molar-refractivity contribution < 1.29 is 29.4 Å². The van der Waals surface area contributed by atoms with Crippen molar-refractivity contribution in [1.82, 2.24) is 0 Å². The molecule has 0 saturated carbocycles. The van der Waals surface area contributed by atoms with Gasteiger partial charge in [-0.25, -0.2) is 0 Å². The van der Waals surface area contributed by atoms with Gasteiger partial charge >= 0.3 is 5.97 Å². The number of carboxylic acid groups (broad SMARTS) is 2. The highest BCUT2D eigenvalue weighted by Gasteiger charge is 2.57. The fraction of sp³-hybridized carbons (Fsp3) is 0.833. The number of rotatable bonds is 1. The Morgan fingerprint density at radius 1 is 1.39 bits per heavy atom. The van der Waals surface area contributed by atoms with Crippen molar-refractivity contribution >= 4 is 12.1 Å². The van der Waals surface area contributed by atoms with Gasteiger partial charge in [0.05, 0.1) is 18.2 Å². The summed E-state index contributed by atoms with van der Waals surface area (Å²) < 4.78 is -0.452. The maximum atomic E-state index is 11.5. The Hall–Kier alpha value is -1.14. The molecule has 6 heteroatoms. The number of likely N-dealkylation sites (tertiary alicyclic amines) is 1. The van der Waals surface area contributed by atoms with E-state index in [0.29, 0.717) is 0 Å². The molecule has 2 N–H and O–H groups in total. The fourth-order valence-corrected chi connectivity index (χ4v) is 2.62. The Morgan fingerprint density at radius 2 is 1.89 bits per heavy atom. The van der Waals surface area contributed by atoms with Gasteiger partial charge < -0.3 is 20.1 Å². The van der Waals surface area contributed by atoms with Crippen LogP contribution in [0, 0.1) is 5.41 Å². The number of piperidine rings is 1. The lowest BCUT2D eigenvalue weighted by atomic mass is 9.76. The Balaban J connectivity index is 3.27. The molecule has 104 valence electrons. The summed E-state index contributed by atoms with van der Waals surface area (Å²) in [7, 11) is 0. The Bertz CT molecular complexity index is 375. The molecule has 0 aromatic rings. The van der Waals surface area contributed by atoms with Gasteiger partial charge in [-0.1, -0.05) is 0 Å². The van der Waals surface area contributed by atoms with E-state index in [-0.39, 0.29) is 19.5 Å². The van der Waals surface area contributed by atoms with Crippen LogP contribution in [0.15, 0.2) is 0 Å². The standard InChI is InChI=1S/C12H21NO5/c1-11(2,3)13(10(17)18)6-5-8(14)12(4,7-13)9(15)16/h8,14H,5-7H2,1-4H3,(H-,15,16,17,18). The summed E-state index contributed by atoms with van der Waals surface area (Å²) in [5.41, 5.74) is -2.15. The highest BCUT2D eigenvalue weighted by Crippen LogP contribution is 2.39. The predicted molar refractivity (Wildman–Crippen MR) is 61.5 cm³/mol. The zero-order chi connectivity index (χ0) is 14.4. The number of aliphatic hydroxyl groups is 1. The molecule has 0 spiro atoms. The summed E-state index contributed by atoms with van der Waals surface area (Å²) in [4.78, 5) is 22.9. The van der Waals surface area contributed by atoms with E-state index in [2.05, 4.69) is 0 Å². The normalized spacial score (nSPS) is 37.3. The van der Waals surface area contributed by atoms with E-state index in [1.165, 1.54) is 6.92 Å². The summed E-state index contributed by atoms with van der Waals surface area (Å²) in [5, 5.41) is 30.7. The third-order valence-electron chi connectivity index (χ3n) is 4.24. The van der Waals surface area contributed by atoms with Gasteiger partial charge in [-0.05, 0) is 27.7 Å². The molecule has 0 aromatic heterocycles. The first-order valence-corrected chi connectivity index (χ1v) is 5.97. The molecular weight excluding hydrogens is 238 g/mol. The van der Waals surface area contributed by atoms with Crippen LogP contribution in [-0.4, -0.2) is 51.5 Å². The molecule has 1 saturated heterocycles. The number of carbonyl (C=O) groups excluding carboxylic acids is 1. The number of aliphatic carboxylic acids is 1. The smallest absolute Gasteiger partial charge is 0.317 e. The largest absolute Gasteiger partial charge is 0.498 e. The van der Waals surface area contributed by atoms with Crippen LogP contribution in [0.1, 0.15) is 34.1 Å². The molecule has 1 aliphatic heterocycles. The van der Waals surface area contributed by atoms with Crippen molar-refractivity contribution in [3.63, 3.8) is 0 Å². The summed E-state index contributed by atoms with van der Waals surface area (Å²) in [5.74, 6) is -1.18. The van der Waals surface area contributed by atoms with E-state index in [9.17, 15) is 24.9 Å². The molecule has 1 amide bonds. The third-order valence-corrected chi connectivity index (χ3v) is 4.24. The highest BCUT2D eigenvalue weighted by atomic mass is 16.4.